The van der Waals surface area contributed by atoms with E-state index >= 15 is 0 Å². The monoisotopic (exact) mass is 281 g/mol. The van der Waals surface area contributed by atoms with Gasteiger partial charge >= 0.3 is 0 Å². The maximum atomic E-state index is 11.2. The van der Waals surface area contributed by atoms with Gasteiger partial charge in [-0.2, -0.15) is 0 Å². The zero-order valence-electron chi connectivity index (χ0n) is 9.19. The Kier molecular flexibility index (Phi) is 3.75. The van der Waals surface area contributed by atoms with Crippen LogP contribution in [-0.2, 0) is 0 Å². The number of amides is 1. The van der Waals surface area contributed by atoms with Crippen molar-refractivity contribution in [3.8, 4) is 11.5 Å². The van der Waals surface area contributed by atoms with Gasteiger partial charge in [0.15, 0.2) is 0 Å². The summed E-state index contributed by atoms with van der Waals surface area (Å²) < 4.78 is 5.56. The molecule has 18 heavy (non-hydrogen) atoms. The Morgan fingerprint density at radius 2 is 1.67 bits per heavy atom. The molecule has 3 nitrogen and oxygen atoms in total. The molecule has 1 amide bonds. The van der Waals surface area contributed by atoms with Gasteiger partial charge in [0.25, 0.3) is 5.91 Å². The number of para-hydroxylation sites is 1. The highest BCUT2D eigenvalue weighted by Gasteiger charge is 2.09. The van der Waals surface area contributed by atoms with E-state index in [2.05, 4.69) is 0 Å². The number of halogens is 2. The Morgan fingerprint density at radius 1 is 1.06 bits per heavy atom. The number of primary amides is 1. The van der Waals surface area contributed by atoms with Crippen LogP contribution in [0, 0.1) is 0 Å². The van der Waals surface area contributed by atoms with E-state index in [9.17, 15) is 4.79 Å². The van der Waals surface area contributed by atoms with Crippen LogP contribution in [0.2, 0.25) is 10.0 Å². The first-order valence-electron chi connectivity index (χ1n) is 5.09. The van der Waals surface area contributed by atoms with Gasteiger partial charge in [-0.15, -0.1) is 0 Å². The molecule has 2 aromatic rings. The Balaban J connectivity index is 2.37. The van der Waals surface area contributed by atoms with Gasteiger partial charge in [0.1, 0.15) is 11.5 Å². The zero-order valence-corrected chi connectivity index (χ0v) is 10.7. The molecule has 0 aromatic heterocycles. The van der Waals surface area contributed by atoms with E-state index in [1.54, 1.807) is 42.5 Å². The van der Waals surface area contributed by atoms with Crippen molar-refractivity contribution >= 4 is 29.1 Å². The van der Waals surface area contributed by atoms with Crippen LogP contribution in [0.4, 0.5) is 0 Å². The summed E-state index contributed by atoms with van der Waals surface area (Å²) in [4.78, 5) is 11.2. The molecular weight excluding hydrogens is 273 g/mol. The maximum Gasteiger partial charge on any atom is 0.252 e. The van der Waals surface area contributed by atoms with Gasteiger partial charge in [-0.3, -0.25) is 4.79 Å². The zero-order chi connectivity index (χ0) is 13.1. The number of benzene rings is 2. The number of hydrogen-bond donors (Lipinski definition) is 1. The summed E-state index contributed by atoms with van der Waals surface area (Å²) in [5, 5.41) is 0.906. The SMILES string of the molecule is NC(=O)c1ccccc1Oc1cc(Cl)cc(Cl)c1. The summed E-state index contributed by atoms with van der Waals surface area (Å²) in [6, 6.07) is 11.5. The number of carbonyl (C=O) groups is 1. The van der Waals surface area contributed by atoms with Crippen molar-refractivity contribution in [2.45, 2.75) is 0 Å². The summed E-state index contributed by atoms with van der Waals surface area (Å²) in [7, 11) is 0. The minimum absolute atomic E-state index is 0.300. The molecule has 0 fully saturated rings. The van der Waals surface area contributed by atoms with E-state index in [-0.39, 0.29) is 0 Å². The van der Waals surface area contributed by atoms with E-state index in [4.69, 9.17) is 33.7 Å². The number of hydrogen-bond acceptors (Lipinski definition) is 2. The lowest BCUT2D eigenvalue weighted by Gasteiger charge is -2.09. The molecule has 2 N–H and O–H groups in total. The maximum absolute atomic E-state index is 11.2. The Bertz CT molecular complexity index is 579. The largest absolute Gasteiger partial charge is 0.456 e. The molecular formula is C13H9Cl2NO2. The predicted octanol–water partition coefficient (Wildman–Crippen LogP) is 3.88. The lowest BCUT2D eigenvalue weighted by Crippen LogP contribution is -2.11. The molecule has 0 heterocycles. The van der Waals surface area contributed by atoms with Gasteiger partial charge in [0, 0.05) is 10.0 Å². The van der Waals surface area contributed by atoms with E-state index in [1.165, 1.54) is 0 Å². The van der Waals surface area contributed by atoms with Crippen molar-refractivity contribution in [1.82, 2.24) is 0 Å². The van der Waals surface area contributed by atoms with Gasteiger partial charge < -0.3 is 10.5 Å². The van der Waals surface area contributed by atoms with Crippen molar-refractivity contribution in [2.75, 3.05) is 0 Å². The molecule has 0 aliphatic heterocycles. The second kappa shape index (κ2) is 5.29. The molecule has 0 saturated heterocycles. The first-order valence-corrected chi connectivity index (χ1v) is 5.84. The fourth-order valence-corrected chi connectivity index (χ4v) is 1.98. The minimum Gasteiger partial charge on any atom is -0.456 e. The summed E-state index contributed by atoms with van der Waals surface area (Å²) in [6.45, 7) is 0. The van der Waals surface area contributed by atoms with Crippen molar-refractivity contribution in [2.24, 2.45) is 5.73 Å². The second-order valence-electron chi connectivity index (χ2n) is 3.57. The van der Waals surface area contributed by atoms with Crippen LogP contribution in [0.5, 0.6) is 11.5 Å². The molecule has 0 radical (unpaired) electrons. The number of nitrogens with two attached hydrogens (primary N) is 1. The van der Waals surface area contributed by atoms with Gasteiger partial charge in [0.05, 0.1) is 5.56 Å². The molecule has 0 bridgehead atoms. The van der Waals surface area contributed by atoms with Gasteiger partial charge in [-0.1, -0.05) is 35.3 Å². The van der Waals surface area contributed by atoms with Crippen LogP contribution in [0.1, 0.15) is 10.4 Å². The molecule has 0 aliphatic rings. The molecule has 5 heteroatoms. The number of rotatable bonds is 3. The highest BCUT2D eigenvalue weighted by molar-refractivity contribution is 6.34. The molecule has 92 valence electrons. The van der Waals surface area contributed by atoms with Crippen LogP contribution in [0.25, 0.3) is 0 Å². The first-order chi connectivity index (χ1) is 8.56. The van der Waals surface area contributed by atoms with Crippen LogP contribution >= 0.6 is 23.2 Å². The first kappa shape index (κ1) is 12.7. The van der Waals surface area contributed by atoms with Crippen molar-refractivity contribution in [3.05, 3.63) is 58.1 Å². The standard InChI is InChI=1S/C13H9Cl2NO2/c14-8-5-9(15)7-10(6-8)18-12-4-2-1-3-11(12)13(16)17/h1-7H,(H2,16,17). The van der Waals surface area contributed by atoms with Gasteiger partial charge in [-0.05, 0) is 30.3 Å². The summed E-state index contributed by atoms with van der Waals surface area (Å²) in [6.07, 6.45) is 0. The fraction of sp³-hybridized carbons (Fsp3) is 0. The van der Waals surface area contributed by atoms with Crippen LogP contribution in [0.3, 0.4) is 0 Å². The third-order valence-corrected chi connectivity index (χ3v) is 2.65. The van der Waals surface area contributed by atoms with Crippen molar-refractivity contribution in [3.63, 3.8) is 0 Å². The number of carbonyl (C=O) groups excluding carboxylic acids is 1. The molecule has 0 aliphatic carbocycles. The summed E-state index contributed by atoms with van der Waals surface area (Å²) in [5.41, 5.74) is 5.56. The Labute approximate surface area is 114 Å². The lowest BCUT2D eigenvalue weighted by molar-refractivity contribution is 0.0998. The van der Waals surface area contributed by atoms with Crippen molar-refractivity contribution < 1.29 is 9.53 Å². The highest BCUT2D eigenvalue weighted by Crippen LogP contribution is 2.29. The van der Waals surface area contributed by atoms with Gasteiger partial charge in [-0.25, -0.2) is 0 Å². The fourth-order valence-electron chi connectivity index (χ4n) is 1.47. The quantitative estimate of drug-likeness (QED) is 0.928. The smallest absolute Gasteiger partial charge is 0.252 e. The molecule has 0 unspecified atom stereocenters. The summed E-state index contributed by atoms with van der Waals surface area (Å²) in [5.74, 6) is 0.253. The molecule has 0 spiro atoms. The normalized spacial score (nSPS) is 10.1. The molecule has 2 rings (SSSR count). The third-order valence-electron chi connectivity index (χ3n) is 2.22. The lowest BCUT2D eigenvalue weighted by atomic mass is 10.2. The average Bonchev–Trinajstić information content (AvgIpc) is 2.27. The van der Waals surface area contributed by atoms with E-state index in [0.717, 1.165) is 0 Å². The minimum atomic E-state index is -0.557. The molecule has 2 aromatic carbocycles. The Morgan fingerprint density at radius 3 is 2.28 bits per heavy atom. The second-order valence-corrected chi connectivity index (χ2v) is 4.44. The molecule has 0 atom stereocenters. The van der Waals surface area contributed by atoms with Crippen LogP contribution < -0.4 is 10.5 Å². The van der Waals surface area contributed by atoms with Crippen LogP contribution in [-0.4, -0.2) is 5.91 Å². The van der Waals surface area contributed by atoms with Crippen LogP contribution in [0.15, 0.2) is 42.5 Å². The van der Waals surface area contributed by atoms with Gasteiger partial charge in [0.2, 0.25) is 0 Å². The summed E-state index contributed by atoms with van der Waals surface area (Å²) >= 11 is 11.7. The van der Waals surface area contributed by atoms with E-state index in [0.29, 0.717) is 27.1 Å². The van der Waals surface area contributed by atoms with E-state index < -0.39 is 5.91 Å². The predicted molar refractivity (Wildman–Crippen MR) is 71.5 cm³/mol. The number of ether oxygens (including phenoxy) is 1. The van der Waals surface area contributed by atoms with Crippen molar-refractivity contribution in [1.29, 1.82) is 0 Å². The average molecular weight is 282 g/mol. The molecule has 0 saturated carbocycles. The van der Waals surface area contributed by atoms with E-state index in [1.807, 2.05) is 0 Å². The third kappa shape index (κ3) is 2.94. The topological polar surface area (TPSA) is 52.3 Å². The highest BCUT2D eigenvalue weighted by atomic mass is 35.5. The Hall–Kier alpha value is -1.71.